The van der Waals surface area contributed by atoms with Gasteiger partial charge >= 0.3 is 5.91 Å². The van der Waals surface area contributed by atoms with Crippen LogP contribution >= 0.6 is 11.6 Å². The maximum Gasteiger partial charge on any atom is 0.322 e. The topological polar surface area (TPSA) is 126 Å². The highest BCUT2D eigenvalue weighted by Gasteiger charge is 2.58. The summed E-state index contributed by atoms with van der Waals surface area (Å²) < 4.78 is 12.6. The van der Waals surface area contributed by atoms with E-state index in [1.165, 1.54) is 12.3 Å². The minimum atomic E-state index is -1.13. The average molecular weight is 461 g/mol. The minimum Gasteiger partial charge on any atom is -0.490 e. The van der Waals surface area contributed by atoms with Gasteiger partial charge < -0.3 is 19.8 Å². The molecule has 0 bridgehead atoms. The molecule has 1 saturated carbocycles. The van der Waals surface area contributed by atoms with Crippen LogP contribution in [0.2, 0.25) is 5.15 Å². The largest absolute Gasteiger partial charge is 0.490 e. The van der Waals surface area contributed by atoms with E-state index in [2.05, 4.69) is 10.2 Å². The van der Waals surface area contributed by atoms with Crippen LogP contribution in [-0.4, -0.2) is 35.8 Å². The third-order valence-electron chi connectivity index (χ3n) is 6.78. The van der Waals surface area contributed by atoms with E-state index in [9.17, 15) is 14.5 Å². The van der Waals surface area contributed by atoms with Crippen molar-refractivity contribution in [3.63, 3.8) is 0 Å². The average Bonchev–Trinajstić information content (AvgIpc) is 3.01. The third-order valence-corrected chi connectivity index (χ3v) is 7.05. The van der Waals surface area contributed by atoms with Crippen LogP contribution in [0, 0.1) is 10.3 Å². The van der Waals surface area contributed by atoms with Gasteiger partial charge in [-0.15, -0.1) is 4.91 Å². The van der Waals surface area contributed by atoms with Gasteiger partial charge in [-0.25, -0.2) is 4.98 Å². The van der Waals surface area contributed by atoms with Gasteiger partial charge in [0.15, 0.2) is 16.3 Å². The van der Waals surface area contributed by atoms with E-state index in [0.29, 0.717) is 36.8 Å². The number of halogens is 1. The van der Waals surface area contributed by atoms with Crippen LogP contribution in [0.4, 0.5) is 0 Å². The molecule has 10 heteroatoms. The molecule has 2 aromatic rings. The molecule has 2 N–H and O–H groups in total. The highest BCUT2D eigenvalue weighted by molar-refractivity contribution is 6.31. The summed E-state index contributed by atoms with van der Waals surface area (Å²) in [7, 11) is 1.62. The zero-order valence-corrected chi connectivity index (χ0v) is 18.9. The van der Waals surface area contributed by atoms with Gasteiger partial charge in [0.25, 0.3) is 0 Å². The van der Waals surface area contributed by atoms with Crippen LogP contribution in [0.15, 0.2) is 28.3 Å². The standard InChI is InChI=1S/C22H25ClN4O5/c1-21(2)6-5-14-12-9-17(32-8-4-7-31-3)19(23)25-18(12)15-10-16(28)13(20(29)26-30)11-27(15)22(14,21)24/h9-11,14H,4-8,24H2,1-3H3/t14-,22-/m0/s1. The lowest BCUT2D eigenvalue weighted by atomic mass is 9.73. The first-order valence-corrected chi connectivity index (χ1v) is 10.8. The first-order chi connectivity index (χ1) is 15.2. The number of amides is 1. The number of methoxy groups -OCH3 is 1. The van der Waals surface area contributed by atoms with Crippen LogP contribution in [0.3, 0.4) is 0 Å². The number of carbonyl (C=O) groups excluding carboxylic acids is 1. The van der Waals surface area contributed by atoms with Gasteiger partial charge in [-0.2, -0.15) is 0 Å². The summed E-state index contributed by atoms with van der Waals surface area (Å²) >= 11 is 6.42. The first-order valence-electron chi connectivity index (χ1n) is 10.4. The van der Waals surface area contributed by atoms with Crippen molar-refractivity contribution in [2.24, 2.45) is 16.3 Å². The number of hydrogen-bond acceptors (Lipinski definition) is 7. The zero-order chi connectivity index (χ0) is 23.3. The molecule has 170 valence electrons. The van der Waals surface area contributed by atoms with E-state index >= 15 is 0 Å². The number of aromatic nitrogens is 2. The van der Waals surface area contributed by atoms with E-state index in [0.717, 1.165) is 18.4 Å². The van der Waals surface area contributed by atoms with Crippen molar-refractivity contribution >= 4 is 17.5 Å². The summed E-state index contributed by atoms with van der Waals surface area (Å²) in [6.07, 6.45) is 3.61. The van der Waals surface area contributed by atoms with Crippen molar-refractivity contribution < 1.29 is 14.3 Å². The number of nitroso groups, excluding NO2 is 1. The first kappa shape index (κ1) is 22.6. The Morgan fingerprint density at radius 1 is 1.38 bits per heavy atom. The molecule has 2 atom stereocenters. The zero-order valence-electron chi connectivity index (χ0n) is 18.2. The highest BCUT2D eigenvalue weighted by atomic mass is 35.5. The fraction of sp³-hybridized carbons (Fsp3) is 0.500. The Bertz CT molecular complexity index is 1160. The molecule has 4 rings (SSSR count). The monoisotopic (exact) mass is 460 g/mol. The van der Waals surface area contributed by atoms with Gasteiger partial charge in [0.1, 0.15) is 11.2 Å². The molecule has 2 aromatic heterocycles. The van der Waals surface area contributed by atoms with E-state index in [-0.39, 0.29) is 22.0 Å². The lowest BCUT2D eigenvalue weighted by Gasteiger charge is -2.48. The number of rotatable bonds is 6. The second-order valence-electron chi connectivity index (χ2n) is 8.91. The molecule has 1 aliphatic carbocycles. The molecular weight excluding hydrogens is 436 g/mol. The van der Waals surface area contributed by atoms with Crippen LogP contribution in [0.1, 0.15) is 54.9 Å². The molecule has 0 radical (unpaired) electrons. The Morgan fingerprint density at radius 2 is 2.12 bits per heavy atom. The summed E-state index contributed by atoms with van der Waals surface area (Å²) in [6, 6.07) is 3.13. The van der Waals surface area contributed by atoms with Crippen LogP contribution in [0.5, 0.6) is 5.75 Å². The maximum atomic E-state index is 12.6. The molecule has 1 fully saturated rings. The SMILES string of the molecule is COCCCOc1cc2c(nc1Cl)-c1cc(=O)c(C(=O)N=O)cn1[C@@]1(N)[C@H]2CCC1(C)C. The Kier molecular flexibility index (Phi) is 5.68. The van der Waals surface area contributed by atoms with Crippen LogP contribution in [0.25, 0.3) is 11.4 Å². The fourth-order valence-electron chi connectivity index (χ4n) is 4.96. The van der Waals surface area contributed by atoms with E-state index in [4.69, 9.17) is 26.8 Å². The van der Waals surface area contributed by atoms with Gasteiger partial charge in [0.2, 0.25) is 0 Å². The second-order valence-corrected chi connectivity index (χ2v) is 9.27. The van der Waals surface area contributed by atoms with Gasteiger partial charge in [0, 0.05) is 48.9 Å². The minimum absolute atomic E-state index is 0.164. The molecule has 2 aliphatic rings. The lowest BCUT2D eigenvalue weighted by molar-refractivity contribution is 0.0975. The smallest absolute Gasteiger partial charge is 0.322 e. The van der Waals surface area contributed by atoms with Gasteiger partial charge in [-0.1, -0.05) is 25.4 Å². The third kappa shape index (κ3) is 3.27. The maximum absolute atomic E-state index is 12.6. The molecule has 0 unspecified atom stereocenters. The van der Waals surface area contributed by atoms with Crippen LogP contribution < -0.4 is 15.9 Å². The molecule has 0 aromatic carbocycles. The van der Waals surface area contributed by atoms with Crippen molar-refractivity contribution in [3.05, 3.63) is 49.7 Å². The number of hydrogen-bond donors (Lipinski definition) is 1. The Labute approximate surface area is 189 Å². The van der Waals surface area contributed by atoms with Crippen molar-refractivity contribution in [2.75, 3.05) is 20.3 Å². The summed E-state index contributed by atoms with van der Waals surface area (Å²) in [5.74, 6) is -0.847. The number of ether oxygens (including phenoxy) is 2. The number of nitrogens with zero attached hydrogens (tertiary/aromatic N) is 3. The normalized spacial score (nSPS) is 22.6. The lowest BCUT2D eigenvalue weighted by Crippen LogP contribution is -2.56. The molecule has 0 saturated heterocycles. The Balaban J connectivity index is 1.92. The Hall–Kier alpha value is -2.62. The molecule has 1 amide bonds. The Morgan fingerprint density at radius 3 is 2.81 bits per heavy atom. The van der Waals surface area contributed by atoms with Gasteiger partial charge in [-0.05, 0) is 24.5 Å². The number of fused-ring (bicyclic) bond motifs is 6. The summed E-state index contributed by atoms with van der Waals surface area (Å²) in [4.78, 5) is 40.0. The molecular formula is C22H25ClN4O5. The van der Waals surface area contributed by atoms with E-state index in [1.807, 2.05) is 19.9 Å². The van der Waals surface area contributed by atoms with E-state index < -0.39 is 17.0 Å². The predicted molar refractivity (Wildman–Crippen MR) is 119 cm³/mol. The van der Waals surface area contributed by atoms with Gasteiger partial charge in [-0.3, -0.25) is 9.59 Å². The van der Waals surface area contributed by atoms with Crippen molar-refractivity contribution in [1.82, 2.24) is 9.55 Å². The van der Waals surface area contributed by atoms with Crippen LogP contribution in [-0.2, 0) is 10.4 Å². The molecule has 32 heavy (non-hydrogen) atoms. The summed E-state index contributed by atoms with van der Waals surface area (Å²) in [5, 5.41) is 2.58. The molecule has 9 nitrogen and oxygen atoms in total. The number of pyridine rings is 2. The predicted octanol–water partition coefficient (Wildman–Crippen LogP) is 3.41. The quantitative estimate of drug-likeness (QED) is 0.397. The fourth-order valence-corrected chi connectivity index (χ4v) is 5.15. The van der Waals surface area contributed by atoms with E-state index in [1.54, 1.807) is 11.7 Å². The number of carbonyl (C=O) groups is 1. The molecule has 1 aliphatic heterocycles. The van der Waals surface area contributed by atoms with Gasteiger partial charge in [0.05, 0.1) is 18.0 Å². The summed E-state index contributed by atoms with van der Waals surface area (Å²) in [6.45, 7) is 5.07. The molecule has 3 heterocycles. The summed E-state index contributed by atoms with van der Waals surface area (Å²) in [5.41, 5.74) is 6.58. The number of nitrogens with two attached hydrogens (primary N) is 1. The van der Waals surface area contributed by atoms with Crippen molar-refractivity contribution in [2.45, 2.75) is 44.7 Å². The second kappa shape index (κ2) is 8.06. The van der Waals surface area contributed by atoms with Crippen molar-refractivity contribution in [1.29, 1.82) is 0 Å². The molecule has 0 spiro atoms. The van der Waals surface area contributed by atoms with Crippen molar-refractivity contribution in [3.8, 4) is 17.1 Å². The highest BCUT2D eigenvalue weighted by Crippen LogP contribution is 2.60.